The van der Waals surface area contributed by atoms with Crippen LogP contribution < -0.4 is 16.0 Å². The van der Waals surface area contributed by atoms with Crippen LogP contribution in [0, 0.1) is 11.7 Å². The molecule has 0 saturated heterocycles. The van der Waals surface area contributed by atoms with Crippen LogP contribution in [0.2, 0.25) is 0 Å². The molecule has 0 bridgehead atoms. The van der Waals surface area contributed by atoms with Crippen molar-refractivity contribution in [2.24, 2.45) is 5.92 Å². The Hall–Kier alpha value is -3.48. The predicted octanol–water partition coefficient (Wildman–Crippen LogP) is 4.25. The van der Waals surface area contributed by atoms with Crippen molar-refractivity contribution in [3.63, 3.8) is 0 Å². The summed E-state index contributed by atoms with van der Waals surface area (Å²) >= 11 is 0. The van der Waals surface area contributed by atoms with Gasteiger partial charge in [0, 0.05) is 24.6 Å². The second-order valence-electron chi connectivity index (χ2n) is 6.74. The van der Waals surface area contributed by atoms with E-state index in [1.807, 2.05) is 6.92 Å². The highest BCUT2D eigenvalue weighted by molar-refractivity contribution is 5.95. The Kier molecular flexibility index (Phi) is 6.73. The highest BCUT2D eigenvalue weighted by Gasteiger charge is 2.21. The second kappa shape index (κ2) is 9.64. The monoisotopic (exact) mass is 393 g/mol. The van der Waals surface area contributed by atoms with Crippen molar-refractivity contribution < 1.29 is 9.18 Å². The fraction of sp³-hybridized carbons (Fsp3) is 0.227. The van der Waals surface area contributed by atoms with Crippen LogP contribution in [0.25, 0.3) is 0 Å². The van der Waals surface area contributed by atoms with Crippen molar-refractivity contribution in [3.8, 4) is 0 Å². The molecule has 0 atom stereocenters. The van der Waals surface area contributed by atoms with Gasteiger partial charge >= 0.3 is 0 Å². The number of hydrogen-bond donors (Lipinski definition) is 3. The minimum Gasteiger partial charge on any atom is -0.354 e. The Balaban J connectivity index is 1.71. The first-order chi connectivity index (χ1) is 14.1. The highest BCUT2D eigenvalue weighted by Crippen LogP contribution is 2.28. The summed E-state index contributed by atoms with van der Waals surface area (Å²) in [5.41, 5.74) is 2.11. The Labute approximate surface area is 169 Å². The zero-order chi connectivity index (χ0) is 20.6. The number of nitrogens with one attached hydrogen (secondary N) is 3. The van der Waals surface area contributed by atoms with Crippen LogP contribution >= 0.6 is 0 Å². The van der Waals surface area contributed by atoms with Gasteiger partial charge in [0.15, 0.2) is 0 Å². The summed E-state index contributed by atoms with van der Waals surface area (Å²) in [5, 5.41) is 9.14. The lowest BCUT2D eigenvalue weighted by molar-refractivity contribution is 0.0966. The molecule has 3 N–H and O–H groups in total. The lowest BCUT2D eigenvalue weighted by atomic mass is 10.2. The number of anilines is 2. The van der Waals surface area contributed by atoms with Gasteiger partial charge in [-0.15, -0.1) is 0 Å². The van der Waals surface area contributed by atoms with Gasteiger partial charge in [-0.3, -0.25) is 4.79 Å². The molecule has 1 aliphatic rings. The van der Waals surface area contributed by atoms with Crippen molar-refractivity contribution in [2.45, 2.75) is 19.8 Å². The summed E-state index contributed by atoms with van der Waals surface area (Å²) in [5.74, 6) is 0.562. The van der Waals surface area contributed by atoms with E-state index in [1.54, 1.807) is 30.4 Å². The topological polar surface area (TPSA) is 78.9 Å². The van der Waals surface area contributed by atoms with Gasteiger partial charge in [-0.2, -0.15) is 0 Å². The summed E-state index contributed by atoms with van der Waals surface area (Å²) in [7, 11) is 0. The maximum Gasteiger partial charge on any atom is 0.258 e. The summed E-state index contributed by atoms with van der Waals surface area (Å²) in [4.78, 5) is 21.1. The normalized spacial score (nSPS) is 14.3. The van der Waals surface area contributed by atoms with Crippen LogP contribution in [0.4, 0.5) is 16.0 Å². The molecule has 1 heterocycles. The van der Waals surface area contributed by atoms with E-state index in [-0.39, 0.29) is 11.7 Å². The molecule has 7 heteroatoms. The van der Waals surface area contributed by atoms with Crippen molar-refractivity contribution in [2.75, 3.05) is 17.2 Å². The van der Waals surface area contributed by atoms with E-state index in [4.69, 9.17) is 0 Å². The predicted molar refractivity (Wildman–Crippen MR) is 113 cm³/mol. The average Bonchev–Trinajstić information content (AvgIpc) is 3.56. The number of aromatic nitrogens is 2. The molecule has 1 aromatic heterocycles. The van der Waals surface area contributed by atoms with Gasteiger partial charge in [0.05, 0.1) is 17.0 Å². The number of amides is 1. The fourth-order valence-corrected chi connectivity index (χ4v) is 2.57. The second-order valence-corrected chi connectivity index (χ2v) is 6.74. The van der Waals surface area contributed by atoms with Crippen molar-refractivity contribution in [1.82, 2.24) is 15.3 Å². The van der Waals surface area contributed by atoms with Crippen molar-refractivity contribution >= 4 is 17.5 Å². The van der Waals surface area contributed by atoms with Crippen LogP contribution in [-0.4, -0.2) is 22.4 Å². The lowest BCUT2D eigenvalue weighted by Crippen LogP contribution is -2.25. The molecule has 29 heavy (non-hydrogen) atoms. The van der Waals surface area contributed by atoms with Crippen LogP contribution in [0.5, 0.6) is 0 Å². The fourth-order valence-electron chi connectivity index (χ4n) is 2.57. The molecule has 1 saturated carbocycles. The molecule has 1 amide bonds. The molecule has 0 radical (unpaired) electrons. The molecular weight excluding hydrogens is 369 g/mol. The summed E-state index contributed by atoms with van der Waals surface area (Å²) < 4.78 is 13.1. The number of rotatable bonds is 9. The van der Waals surface area contributed by atoms with Crippen molar-refractivity contribution in [1.29, 1.82) is 0 Å². The quantitative estimate of drug-likeness (QED) is 0.555. The summed E-state index contributed by atoms with van der Waals surface area (Å²) in [6.45, 7) is 6.50. The molecule has 2 aromatic rings. The van der Waals surface area contributed by atoms with Crippen molar-refractivity contribution in [3.05, 3.63) is 84.2 Å². The molecule has 0 unspecified atom stereocenters. The highest BCUT2D eigenvalue weighted by atomic mass is 19.1. The van der Waals surface area contributed by atoms with Gasteiger partial charge in [0.25, 0.3) is 5.91 Å². The Morgan fingerprint density at radius 3 is 2.48 bits per heavy atom. The molecule has 6 nitrogen and oxygen atoms in total. The van der Waals surface area contributed by atoms with Gasteiger partial charge in [0.2, 0.25) is 5.95 Å². The standard InChI is InChI=1S/C22H24FN5O/c1-3-5-20(19(4-2)27-18-10-8-17(23)9-11-18)28-21(29)16-13-25-22(26-14-16)24-12-15-6-7-15/h3-5,8-11,13-15,27H,2,6-7,12H2,1H3,(H,28,29)(H,24,25,26)/b5-3-,20-19-. The summed E-state index contributed by atoms with van der Waals surface area (Å²) in [6, 6.07) is 5.92. The van der Waals surface area contributed by atoms with Gasteiger partial charge in [-0.05, 0) is 62.1 Å². The third-order valence-corrected chi connectivity index (χ3v) is 4.36. The van der Waals surface area contributed by atoms with Gasteiger partial charge in [-0.25, -0.2) is 14.4 Å². The molecule has 0 spiro atoms. The number of allylic oxidation sites excluding steroid dienone is 3. The van der Waals surface area contributed by atoms with E-state index in [9.17, 15) is 9.18 Å². The summed E-state index contributed by atoms with van der Waals surface area (Å²) in [6.07, 6.45) is 10.6. The third kappa shape index (κ3) is 6.00. The number of halogens is 1. The first kappa shape index (κ1) is 20.3. The zero-order valence-corrected chi connectivity index (χ0v) is 16.3. The van der Waals surface area contributed by atoms with Crippen LogP contribution in [0.15, 0.2) is 72.9 Å². The number of benzene rings is 1. The Morgan fingerprint density at radius 1 is 1.21 bits per heavy atom. The molecule has 0 aliphatic heterocycles. The molecule has 1 aromatic carbocycles. The minimum absolute atomic E-state index is 0.322. The smallest absolute Gasteiger partial charge is 0.258 e. The van der Waals surface area contributed by atoms with Gasteiger partial charge < -0.3 is 16.0 Å². The minimum atomic E-state index is -0.341. The molecule has 150 valence electrons. The first-order valence-corrected chi connectivity index (χ1v) is 9.48. The number of carbonyl (C=O) groups excluding carboxylic acids is 1. The first-order valence-electron chi connectivity index (χ1n) is 9.48. The number of nitrogens with zero attached hydrogens (tertiary/aromatic N) is 2. The Morgan fingerprint density at radius 2 is 1.90 bits per heavy atom. The number of hydrogen-bond acceptors (Lipinski definition) is 5. The van der Waals surface area contributed by atoms with E-state index in [0.29, 0.717) is 34.5 Å². The van der Waals surface area contributed by atoms with Gasteiger partial charge in [0.1, 0.15) is 5.82 Å². The molecular formula is C22H24FN5O. The lowest BCUT2D eigenvalue weighted by Gasteiger charge is -2.14. The largest absolute Gasteiger partial charge is 0.354 e. The molecule has 1 aliphatic carbocycles. The van der Waals surface area contributed by atoms with E-state index in [2.05, 4.69) is 32.5 Å². The zero-order valence-electron chi connectivity index (χ0n) is 16.3. The SMILES string of the molecule is C=C/C(Nc1ccc(F)cc1)=C(\C=C/C)NC(=O)c1cnc(NCC2CC2)nc1. The molecule has 1 fully saturated rings. The third-order valence-electron chi connectivity index (χ3n) is 4.36. The van der Waals surface area contributed by atoms with Gasteiger partial charge in [-0.1, -0.05) is 12.7 Å². The van der Waals surface area contributed by atoms with E-state index >= 15 is 0 Å². The number of carbonyl (C=O) groups is 1. The van der Waals surface area contributed by atoms with E-state index in [0.717, 1.165) is 6.54 Å². The van der Waals surface area contributed by atoms with Crippen LogP contribution in [-0.2, 0) is 0 Å². The molecule has 3 rings (SSSR count). The van der Waals surface area contributed by atoms with E-state index < -0.39 is 0 Å². The van der Waals surface area contributed by atoms with E-state index in [1.165, 1.54) is 37.4 Å². The Bertz CT molecular complexity index is 915. The maximum absolute atomic E-state index is 13.1. The van der Waals surface area contributed by atoms with Crippen LogP contribution in [0.3, 0.4) is 0 Å². The maximum atomic E-state index is 13.1. The van der Waals surface area contributed by atoms with Crippen LogP contribution in [0.1, 0.15) is 30.1 Å². The average molecular weight is 393 g/mol.